The van der Waals surface area contributed by atoms with E-state index in [9.17, 15) is 13.2 Å². The number of nitrogens with one attached hydrogen (secondary N) is 1. The van der Waals surface area contributed by atoms with Crippen LogP contribution in [0.15, 0.2) is 59.8 Å². The number of aryl methyl sites for hydroxylation is 4. The van der Waals surface area contributed by atoms with Gasteiger partial charge in [-0.1, -0.05) is 17.7 Å². The van der Waals surface area contributed by atoms with Crippen molar-refractivity contribution in [3.05, 3.63) is 71.5 Å². The van der Waals surface area contributed by atoms with Crippen LogP contribution in [0.3, 0.4) is 0 Å². The Labute approximate surface area is 201 Å². The van der Waals surface area contributed by atoms with E-state index < -0.39 is 10.0 Å². The Kier molecular flexibility index (Phi) is 8.33. The van der Waals surface area contributed by atoms with Crippen LogP contribution >= 0.6 is 0 Å². The second-order valence-electron chi connectivity index (χ2n) is 8.28. The number of ether oxygens (including phenoxy) is 1. The maximum atomic E-state index is 13.6. The molecule has 0 radical (unpaired) electrons. The minimum atomic E-state index is -3.87. The lowest BCUT2D eigenvalue weighted by Gasteiger charge is -2.25. The number of benzene rings is 2. The zero-order chi connectivity index (χ0) is 24.7. The van der Waals surface area contributed by atoms with Gasteiger partial charge in [-0.2, -0.15) is 5.10 Å². The third-order valence-electron chi connectivity index (χ3n) is 5.45. The first-order valence-electron chi connectivity index (χ1n) is 11.2. The second-order valence-corrected chi connectivity index (χ2v) is 10.1. The molecule has 1 amide bonds. The zero-order valence-corrected chi connectivity index (χ0v) is 20.9. The molecule has 1 N–H and O–H groups in total. The summed E-state index contributed by atoms with van der Waals surface area (Å²) in [5.74, 6) is 0.420. The predicted octanol–water partition coefficient (Wildman–Crippen LogP) is 3.61. The number of anilines is 1. The summed E-state index contributed by atoms with van der Waals surface area (Å²) in [6.07, 6.45) is 4.52. The standard InChI is InChI=1S/C25H32N4O4S/c1-19-6-11-24(21(3)16-19)34(31,32)29(22-7-9-23(33-4)10-8-22)15-12-25(30)26-13-5-14-28-18-20(2)17-27-28/h6-11,16-18H,5,12-15H2,1-4H3,(H,26,30). The molecule has 0 atom stereocenters. The van der Waals surface area contributed by atoms with Crippen molar-refractivity contribution in [2.24, 2.45) is 0 Å². The topological polar surface area (TPSA) is 93.5 Å². The molecule has 0 aliphatic heterocycles. The second kappa shape index (κ2) is 11.2. The fourth-order valence-corrected chi connectivity index (χ4v) is 5.37. The first kappa shape index (κ1) is 25.3. The van der Waals surface area contributed by atoms with Gasteiger partial charge in [0.15, 0.2) is 0 Å². The molecule has 0 aliphatic rings. The molecule has 0 spiro atoms. The summed E-state index contributed by atoms with van der Waals surface area (Å²) in [4.78, 5) is 12.7. The average Bonchev–Trinajstić information content (AvgIpc) is 3.22. The number of hydrogen-bond donors (Lipinski definition) is 1. The molecule has 34 heavy (non-hydrogen) atoms. The summed E-state index contributed by atoms with van der Waals surface area (Å²) in [5.41, 5.74) is 3.21. The van der Waals surface area contributed by atoms with Gasteiger partial charge < -0.3 is 10.1 Å². The van der Waals surface area contributed by atoms with Gasteiger partial charge in [-0.25, -0.2) is 8.42 Å². The average molecular weight is 485 g/mol. The van der Waals surface area contributed by atoms with Crippen molar-refractivity contribution in [3.8, 4) is 5.75 Å². The van der Waals surface area contributed by atoms with Crippen LogP contribution in [0.2, 0.25) is 0 Å². The van der Waals surface area contributed by atoms with Gasteiger partial charge in [0.25, 0.3) is 10.0 Å². The van der Waals surface area contributed by atoms with Crippen LogP contribution in [0.5, 0.6) is 5.75 Å². The molecule has 0 aliphatic carbocycles. The van der Waals surface area contributed by atoms with E-state index in [1.807, 2.05) is 30.8 Å². The number of amides is 1. The van der Waals surface area contributed by atoms with Gasteiger partial charge in [-0.3, -0.25) is 13.8 Å². The highest BCUT2D eigenvalue weighted by molar-refractivity contribution is 7.92. The Morgan fingerprint density at radius 2 is 1.82 bits per heavy atom. The van der Waals surface area contributed by atoms with Crippen LogP contribution < -0.4 is 14.4 Å². The molecule has 0 bridgehead atoms. The molecular formula is C25H32N4O4S. The van der Waals surface area contributed by atoms with E-state index in [0.717, 1.165) is 17.5 Å². The molecule has 1 aromatic heterocycles. The van der Waals surface area contributed by atoms with E-state index in [1.54, 1.807) is 56.6 Å². The lowest BCUT2D eigenvalue weighted by atomic mass is 10.2. The fraction of sp³-hybridized carbons (Fsp3) is 0.360. The quantitative estimate of drug-likeness (QED) is 0.420. The molecule has 0 fully saturated rings. The van der Waals surface area contributed by atoms with Gasteiger partial charge in [0.1, 0.15) is 5.75 Å². The number of sulfonamides is 1. The summed E-state index contributed by atoms with van der Waals surface area (Å²) in [6, 6.07) is 12.0. The minimum absolute atomic E-state index is 0.0200. The summed E-state index contributed by atoms with van der Waals surface area (Å²) in [6.45, 7) is 6.89. The maximum absolute atomic E-state index is 13.6. The van der Waals surface area contributed by atoms with E-state index in [4.69, 9.17) is 4.74 Å². The zero-order valence-electron chi connectivity index (χ0n) is 20.1. The van der Waals surface area contributed by atoms with Gasteiger partial charge >= 0.3 is 0 Å². The molecule has 1 heterocycles. The Morgan fingerprint density at radius 3 is 2.44 bits per heavy atom. The van der Waals surface area contributed by atoms with E-state index >= 15 is 0 Å². The Hall–Kier alpha value is -3.33. The van der Waals surface area contributed by atoms with Gasteiger partial charge in [-0.05, 0) is 68.7 Å². The lowest BCUT2D eigenvalue weighted by Crippen LogP contribution is -2.36. The number of nitrogens with zero attached hydrogens (tertiary/aromatic N) is 3. The van der Waals surface area contributed by atoms with Crippen molar-refractivity contribution < 1.29 is 17.9 Å². The van der Waals surface area contributed by atoms with Crippen molar-refractivity contribution >= 4 is 21.6 Å². The molecule has 9 heteroatoms. The van der Waals surface area contributed by atoms with Crippen molar-refractivity contribution in [3.63, 3.8) is 0 Å². The van der Waals surface area contributed by atoms with Gasteiger partial charge in [-0.15, -0.1) is 0 Å². The first-order chi connectivity index (χ1) is 16.2. The lowest BCUT2D eigenvalue weighted by molar-refractivity contribution is -0.120. The van der Waals surface area contributed by atoms with Crippen molar-refractivity contribution in [2.75, 3.05) is 24.5 Å². The van der Waals surface area contributed by atoms with E-state index in [0.29, 0.717) is 30.1 Å². The van der Waals surface area contributed by atoms with Crippen LogP contribution in [-0.4, -0.2) is 44.3 Å². The molecule has 0 saturated carbocycles. The van der Waals surface area contributed by atoms with E-state index in [1.165, 1.54) is 4.31 Å². The monoisotopic (exact) mass is 484 g/mol. The summed E-state index contributed by atoms with van der Waals surface area (Å²) in [7, 11) is -2.32. The van der Waals surface area contributed by atoms with Gasteiger partial charge in [0.2, 0.25) is 5.91 Å². The Balaban J connectivity index is 1.70. The van der Waals surface area contributed by atoms with Crippen LogP contribution in [0.25, 0.3) is 0 Å². The summed E-state index contributed by atoms with van der Waals surface area (Å²) < 4.78 is 35.5. The van der Waals surface area contributed by atoms with E-state index in [-0.39, 0.29) is 23.8 Å². The van der Waals surface area contributed by atoms with Crippen LogP contribution in [-0.2, 0) is 21.4 Å². The molecule has 0 unspecified atom stereocenters. The van der Waals surface area contributed by atoms with Crippen LogP contribution in [0, 0.1) is 20.8 Å². The molecular weight excluding hydrogens is 452 g/mol. The van der Waals surface area contributed by atoms with Crippen LogP contribution in [0.1, 0.15) is 29.5 Å². The predicted molar refractivity (Wildman–Crippen MR) is 133 cm³/mol. The highest BCUT2D eigenvalue weighted by atomic mass is 32.2. The highest BCUT2D eigenvalue weighted by Crippen LogP contribution is 2.28. The highest BCUT2D eigenvalue weighted by Gasteiger charge is 2.27. The van der Waals surface area contributed by atoms with E-state index in [2.05, 4.69) is 10.4 Å². The smallest absolute Gasteiger partial charge is 0.264 e. The third-order valence-corrected chi connectivity index (χ3v) is 7.44. The molecule has 3 rings (SSSR count). The number of methoxy groups -OCH3 is 1. The van der Waals surface area contributed by atoms with Crippen LogP contribution in [0.4, 0.5) is 5.69 Å². The first-order valence-corrected chi connectivity index (χ1v) is 12.6. The number of hydrogen-bond acceptors (Lipinski definition) is 5. The number of rotatable bonds is 11. The summed E-state index contributed by atoms with van der Waals surface area (Å²) >= 11 is 0. The Morgan fingerprint density at radius 1 is 1.09 bits per heavy atom. The molecule has 3 aromatic rings. The number of carbonyl (C=O) groups excluding carboxylic acids is 1. The van der Waals surface area contributed by atoms with Gasteiger partial charge in [0, 0.05) is 32.3 Å². The van der Waals surface area contributed by atoms with Crippen molar-refractivity contribution in [1.82, 2.24) is 15.1 Å². The maximum Gasteiger partial charge on any atom is 0.264 e. The number of carbonyl (C=O) groups is 1. The molecule has 182 valence electrons. The molecule has 2 aromatic carbocycles. The third kappa shape index (κ3) is 6.38. The SMILES string of the molecule is COc1ccc(N(CCC(=O)NCCCn2cc(C)cn2)S(=O)(=O)c2ccc(C)cc2C)cc1. The summed E-state index contributed by atoms with van der Waals surface area (Å²) in [5, 5.41) is 7.10. The Bertz CT molecular complexity index is 1220. The van der Waals surface area contributed by atoms with Gasteiger partial charge in [0.05, 0.1) is 23.9 Å². The number of aromatic nitrogens is 2. The fourth-order valence-electron chi connectivity index (χ4n) is 3.69. The molecule has 0 saturated heterocycles. The minimum Gasteiger partial charge on any atom is -0.497 e. The molecule has 8 nitrogen and oxygen atoms in total. The largest absolute Gasteiger partial charge is 0.497 e. The van der Waals surface area contributed by atoms with Crippen molar-refractivity contribution in [2.45, 2.75) is 45.1 Å². The van der Waals surface area contributed by atoms with Crippen molar-refractivity contribution in [1.29, 1.82) is 0 Å². The normalized spacial score (nSPS) is 11.3.